The first-order valence-electron chi connectivity index (χ1n) is 9.90. The highest BCUT2D eigenvalue weighted by molar-refractivity contribution is 14.1. The van der Waals surface area contributed by atoms with E-state index in [1.165, 1.54) is 23.1 Å². The molecule has 1 amide bonds. The molecule has 160 valence electrons. The summed E-state index contributed by atoms with van der Waals surface area (Å²) in [6, 6.07) is 6.63. The average Bonchev–Trinajstić information content (AvgIpc) is 3.17. The summed E-state index contributed by atoms with van der Waals surface area (Å²) in [5, 5.41) is 10.7. The molecule has 8 heteroatoms. The summed E-state index contributed by atoms with van der Waals surface area (Å²) < 4.78 is 43.5. The molecular weight excluding hydrogens is 508 g/mol. The summed E-state index contributed by atoms with van der Waals surface area (Å²) >= 11 is 1.96. The lowest BCUT2D eigenvalue weighted by Crippen LogP contribution is -2.67. The van der Waals surface area contributed by atoms with Gasteiger partial charge in [0.1, 0.15) is 11.4 Å². The second kappa shape index (κ2) is 8.47. The maximum absolute atomic E-state index is 14.6. The van der Waals surface area contributed by atoms with E-state index in [9.17, 15) is 23.1 Å². The zero-order valence-corrected chi connectivity index (χ0v) is 18.5. The molecule has 0 atom stereocenters. The van der Waals surface area contributed by atoms with Crippen LogP contribution in [0.4, 0.5) is 13.2 Å². The minimum absolute atomic E-state index is 0.00456. The van der Waals surface area contributed by atoms with Gasteiger partial charge >= 0.3 is 0 Å². The number of benzene rings is 2. The average molecular weight is 530 g/mol. The van der Waals surface area contributed by atoms with Crippen LogP contribution in [0.25, 0.3) is 0 Å². The van der Waals surface area contributed by atoms with Crippen LogP contribution in [0.3, 0.4) is 0 Å². The number of rotatable bonds is 5. The fraction of sp³-hybridized carbons (Fsp3) is 0.409. The monoisotopic (exact) mass is 530 g/mol. The predicted octanol–water partition coefficient (Wildman–Crippen LogP) is 3.58. The van der Waals surface area contributed by atoms with Crippen molar-refractivity contribution in [3.8, 4) is 0 Å². The van der Waals surface area contributed by atoms with Gasteiger partial charge in [0.2, 0.25) is 0 Å². The van der Waals surface area contributed by atoms with Gasteiger partial charge in [-0.3, -0.25) is 4.79 Å². The van der Waals surface area contributed by atoms with Crippen molar-refractivity contribution in [2.24, 2.45) is 0 Å². The fourth-order valence-corrected chi connectivity index (χ4v) is 4.71. The third-order valence-electron chi connectivity index (χ3n) is 5.78. The van der Waals surface area contributed by atoms with Gasteiger partial charge in [0.15, 0.2) is 11.6 Å². The maximum atomic E-state index is 14.6. The van der Waals surface area contributed by atoms with Crippen molar-refractivity contribution in [2.45, 2.75) is 24.9 Å². The van der Waals surface area contributed by atoms with E-state index in [0.29, 0.717) is 10.1 Å². The summed E-state index contributed by atoms with van der Waals surface area (Å²) in [5.41, 5.74) is -0.977. The van der Waals surface area contributed by atoms with E-state index in [2.05, 4.69) is 4.90 Å². The molecule has 30 heavy (non-hydrogen) atoms. The van der Waals surface area contributed by atoms with E-state index in [0.717, 1.165) is 32.0 Å². The number of carbonyl (C=O) groups is 1. The molecule has 2 heterocycles. The minimum atomic E-state index is -1.15. The Morgan fingerprint density at radius 3 is 2.43 bits per heavy atom. The number of carbonyl (C=O) groups excluding carboxylic acids is 1. The molecule has 2 saturated heterocycles. The maximum Gasteiger partial charge on any atom is 0.254 e. The zero-order chi connectivity index (χ0) is 21.5. The summed E-state index contributed by atoms with van der Waals surface area (Å²) in [4.78, 5) is 16.6. The molecule has 0 aromatic heterocycles. The van der Waals surface area contributed by atoms with Crippen LogP contribution in [0.2, 0.25) is 0 Å². The molecule has 0 radical (unpaired) electrons. The van der Waals surface area contributed by atoms with Crippen LogP contribution in [0.5, 0.6) is 0 Å². The zero-order valence-electron chi connectivity index (χ0n) is 16.3. The summed E-state index contributed by atoms with van der Waals surface area (Å²) in [5.74, 6) is -3.25. The van der Waals surface area contributed by atoms with Crippen LogP contribution in [0.15, 0.2) is 30.3 Å². The third kappa shape index (κ3) is 4.36. The lowest BCUT2D eigenvalue weighted by Gasteiger charge is -2.48. The molecule has 0 unspecified atom stereocenters. The number of hydrogen-bond acceptors (Lipinski definition) is 3. The molecular formula is C22H22F3IN2O2. The number of hydrogen-bond donors (Lipinski definition) is 1. The normalized spacial score (nSPS) is 18.5. The lowest BCUT2D eigenvalue weighted by atomic mass is 9.91. The largest absolute Gasteiger partial charge is 0.385 e. The molecule has 2 aromatic rings. The first kappa shape index (κ1) is 21.6. The van der Waals surface area contributed by atoms with E-state index < -0.39 is 29.0 Å². The van der Waals surface area contributed by atoms with Crippen molar-refractivity contribution in [2.75, 3.05) is 32.7 Å². The first-order chi connectivity index (χ1) is 14.3. The Morgan fingerprint density at radius 1 is 1.07 bits per heavy atom. The molecule has 4 rings (SSSR count). The molecule has 2 aliphatic heterocycles. The van der Waals surface area contributed by atoms with Crippen LogP contribution >= 0.6 is 22.6 Å². The van der Waals surface area contributed by atoms with Crippen LogP contribution in [-0.4, -0.2) is 59.1 Å². The molecule has 0 bridgehead atoms. The van der Waals surface area contributed by atoms with E-state index >= 15 is 0 Å². The minimum Gasteiger partial charge on any atom is -0.385 e. The summed E-state index contributed by atoms with van der Waals surface area (Å²) in [7, 11) is 0. The molecule has 2 aromatic carbocycles. The highest BCUT2D eigenvalue weighted by atomic mass is 127. The molecule has 0 aliphatic carbocycles. The predicted molar refractivity (Wildman–Crippen MR) is 115 cm³/mol. The van der Waals surface area contributed by atoms with Crippen LogP contribution in [-0.2, 0) is 6.42 Å². The van der Waals surface area contributed by atoms with Gasteiger partial charge in [0, 0.05) is 27.7 Å². The van der Waals surface area contributed by atoms with Gasteiger partial charge in [0.25, 0.3) is 5.91 Å². The number of nitrogens with zero attached hydrogens (tertiary/aromatic N) is 2. The number of β-amino-alcohol motifs (C(OH)–C–C–N with tert-alkyl or cyclic N) is 1. The number of likely N-dealkylation sites (tertiary alicyclic amines) is 2. The van der Waals surface area contributed by atoms with Crippen molar-refractivity contribution in [3.05, 3.63) is 68.0 Å². The fourth-order valence-electron chi connectivity index (χ4n) is 4.26. The highest BCUT2D eigenvalue weighted by Crippen LogP contribution is 2.29. The Kier molecular flexibility index (Phi) is 6.09. The quantitative estimate of drug-likeness (QED) is 0.602. The second-order valence-corrected chi connectivity index (χ2v) is 9.41. The Bertz CT molecular complexity index is 973. The summed E-state index contributed by atoms with van der Waals surface area (Å²) in [6.07, 6.45) is 1.97. The van der Waals surface area contributed by atoms with E-state index in [1.54, 1.807) is 6.07 Å². The topological polar surface area (TPSA) is 43.8 Å². The molecule has 0 saturated carbocycles. The van der Waals surface area contributed by atoms with Crippen LogP contribution in [0.1, 0.15) is 34.3 Å². The third-order valence-corrected chi connectivity index (χ3v) is 6.45. The van der Waals surface area contributed by atoms with E-state index in [1.807, 2.05) is 22.6 Å². The van der Waals surface area contributed by atoms with Crippen molar-refractivity contribution in [1.29, 1.82) is 0 Å². The highest BCUT2D eigenvalue weighted by Gasteiger charge is 2.45. The molecule has 0 spiro atoms. The van der Waals surface area contributed by atoms with Gasteiger partial charge in [-0.15, -0.1) is 0 Å². The molecule has 2 fully saturated rings. The van der Waals surface area contributed by atoms with Gasteiger partial charge < -0.3 is 14.9 Å². The standard InChI is InChI=1S/C22H22F3IN2O2/c23-18-6-5-16(17(20(18)25)9-14-3-4-15(26)10-19(14)24)21(29)28-12-22(30,13-28)11-27-7-1-2-8-27/h3-6,10,30H,1-2,7-9,11-13H2. The van der Waals surface area contributed by atoms with Gasteiger partial charge in [-0.25, -0.2) is 13.2 Å². The Morgan fingerprint density at radius 2 is 1.77 bits per heavy atom. The first-order valence-corrected chi connectivity index (χ1v) is 11.0. The van der Waals surface area contributed by atoms with Gasteiger partial charge in [-0.05, 0) is 78.4 Å². The molecule has 4 nitrogen and oxygen atoms in total. The number of amides is 1. The smallest absolute Gasteiger partial charge is 0.254 e. The van der Waals surface area contributed by atoms with Gasteiger partial charge in [-0.2, -0.15) is 0 Å². The van der Waals surface area contributed by atoms with Gasteiger partial charge in [0.05, 0.1) is 13.1 Å². The molecule has 1 N–H and O–H groups in total. The Hall–Kier alpha value is -1.65. The number of aliphatic hydroxyl groups is 1. The molecule has 2 aliphatic rings. The van der Waals surface area contributed by atoms with Gasteiger partial charge in [-0.1, -0.05) is 6.07 Å². The van der Waals surface area contributed by atoms with Crippen molar-refractivity contribution < 1.29 is 23.1 Å². The summed E-state index contributed by atoms with van der Waals surface area (Å²) in [6.45, 7) is 2.64. The Balaban J connectivity index is 1.54. The Labute approximate surface area is 186 Å². The van der Waals surface area contributed by atoms with E-state index in [-0.39, 0.29) is 36.2 Å². The van der Waals surface area contributed by atoms with Crippen molar-refractivity contribution >= 4 is 28.5 Å². The second-order valence-electron chi connectivity index (χ2n) is 8.17. The van der Waals surface area contributed by atoms with Crippen molar-refractivity contribution in [3.63, 3.8) is 0 Å². The van der Waals surface area contributed by atoms with Crippen LogP contribution in [0, 0.1) is 21.0 Å². The van der Waals surface area contributed by atoms with E-state index in [4.69, 9.17) is 0 Å². The lowest BCUT2D eigenvalue weighted by molar-refractivity contribution is -0.0951. The van der Waals surface area contributed by atoms with Crippen molar-refractivity contribution in [1.82, 2.24) is 9.80 Å². The number of halogens is 4. The van der Waals surface area contributed by atoms with Crippen LogP contribution < -0.4 is 0 Å². The SMILES string of the molecule is O=C(c1ccc(F)c(F)c1Cc1ccc(I)cc1F)N1CC(O)(CN2CCCC2)C1.